The number of hydrogen-bond acceptors (Lipinski definition) is 4. The molecule has 0 amide bonds. The minimum Gasteiger partial charge on any atom is -0.508 e. The lowest BCUT2D eigenvalue weighted by atomic mass is 9.73. The van der Waals surface area contributed by atoms with Gasteiger partial charge in [0.2, 0.25) is 0 Å². The fourth-order valence-corrected chi connectivity index (χ4v) is 3.82. The Morgan fingerprint density at radius 2 is 1.35 bits per heavy atom. The molecular weight excluding hydrogens is 292 g/mol. The molecule has 4 nitrogen and oxygen atoms in total. The Morgan fingerprint density at radius 3 is 1.87 bits per heavy atom. The van der Waals surface area contributed by atoms with E-state index >= 15 is 0 Å². The molecule has 0 spiro atoms. The number of ketones is 2. The van der Waals surface area contributed by atoms with Crippen molar-refractivity contribution in [1.82, 2.24) is 0 Å². The van der Waals surface area contributed by atoms with Gasteiger partial charge in [0.15, 0.2) is 11.6 Å². The summed E-state index contributed by atoms with van der Waals surface area (Å²) in [4.78, 5) is 25.1. The molecule has 3 aliphatic rings. The first-order valence-electron chi connectivity index (χ1n) is 8.14. The zero-order chi connectivity index (χ0) is 16.0. The van der Waals surface area contributed by atoms with Gasteiger partial charge in [-0.05, 0) is 30.5 Å². The van der Waals surface area contributed by atoms with Gasteiger partial charge in [0.1, 0.15) is 17.3 Å². The van der Waals surface area contributed by atoms with Crippen molar-refractivity contribution >= 4 is 11.6 Å². The molecule has 2 aliphatic carbocycles. The number of phenolic OH excluding ortho intramolecular Hbond substituents is 1. The van der Waals surface area contributed by atoms with Gasteiger partial charge in [-0.3, -0.25) is 9.59 Å². The van der Waals surface area contributed by atoms with Gasteiger partial charge >= 0.3 is 0 Å². The van der Waals surface area contributed by atoms with Crippen molar-refractivity contribution in [3.8, 4) is 5.75 Å². The molecule has 0 saturated carbocycles. The summed E-state index contributed by atoms with van der Waals surface area (Å²) in [7, 11) is 0. The SMILES string of the molecule is O=C1CCCC2=C1C(c1ccc(O)cc1)C1=C(CCCC1=O)O2. The van der Waals surface area contributed by atoms with E-state index in [0.717, 1.165) is 42.8 Å². The van der Waals surface area contributed by atoms with Crippen LogP contribution in [0.15, 0.2) is 46.9 Å². The summed E-state index contributed by atoms with van der Waals surface area (Å²) >= 11 is 0. The monoisotopic (exact) mass is 310 g/mol. The lowest BCUT2D eigenvalue weighted by molar-refractivity contribution is -0.117. The van der Waals surface area contributed by atoms with Gasteiger partial charge in [-0.1, -0.05) is 12.1 Å². The third kappa shape index (κ3) is 2.29. The second-order valence-corrected chi connectivity index (χ2v) is 6.35. The number of ether oxygens (including phenoxy) is 1. The van der Waals surface area contributed by atoms with Crippen LogP contribution in [0.3, 0.4) is 0 Å². The average Bonchev–Trinajstić information content (AvgIpc) is 2.54. The predicted octanol–water partition coefficient (Wildman–Crippen LogP) is 3.52. The number of carbonyl (C=O) groups excluding carboxylic acids is 2. The molecule has 1 aliphatic heterocycles. The highest BCUT2D eigenvalue weighted by Crippen LogP contribution is 2.47. The molecule has 0 atom stereocenters. The first-order chi connectivity index (χ1) is 11.1. The lowest BCUT2D eigenvalue weighted by Crippen LogP contribution is -2.30. The second-order valence-electron chi connectivity index (χ2n) is 6.35. The Labute approximate surface area is 134 Å². The van der Waals surface area contributed by atoms with Gasteiger partial charge < -0.3 is 9.84 Å². The van der Waals surface area contributed by atoms with Crippen LogP contribution in [-0.4, -0.2) is 16.7 Å². The first kappa shape index (κ1) is 14.2. The van der Waals surface area contributed by atoms with Crippen LogP contribution in [-0.2, 0) is 14.3 Å². The largest absolute Gasteiger partial charge is 0.508 e. The van der Waals surface area contributed by atoms with Gasteiger partial charge in [-0.2, -0.15) is 0 Å². The van der Waals surface area contributed by atoms with E-state index in [1.165, 1.54) is 0 Å². The van der Waals surface area contributed by atoms with Gasteiger partial charge in [0.25, 0.3) is 0 Å². The Kier molecular flexibility index (Phi) is 3.33. The third-order valence-electron chi connectivity index (χ3n) is 4.87. The molecule has 4 heteroatoms. The summed E-state index contributed by atoms with van der Waals surface area (Å²) in [6, 6.07) is 6.80. The van der Waals surface area contributed by atoms with E-state index in [1.807, 2.05) is 0 Å². The minimum absolute atomic E-state index is 0.0780. The molecule has 1 aromatic rings. The zero-order valence-corrected chi connectivity index (χ0v) is 12.8. The van der Waals surface area contributed by atoms with Gasteiger partial charge in [-0.15, -0.1) is 0 Å². The van der Waals surface area contributed by atoms with Crippen LogP contribution in [0.25, 0.3) is 0 Å². The molecule has 118 valence electrons. The molecule has 4 rings (SSSR count). The summed E-state index contributed by atoms with van der Waals surface area (Å²) in [6.07, 6.45) is 4.12. The first-order valence-corrected chi connectivity index (χ1v) is 8.14. The topological polar surface area (TPSA) is 63.6 Å². The molecule has 1 aromatic carbocycles. The van der Waals surface area contributed by atoms with Crippen molar-refractivity contribution in [2.45, 2.75) is 44.4 Å². The fraction of sp³-hybridized carbons (Fsp3) is 0.368. The normalized spacial score (nSPS) is 21.9. The van der Waals surface area contributed by atoms with Crippen LogP contribution < -0.4 is 0 Å². The molecule has 0 bridgehead atoms. The van der Waals surface area contributed by atoms with Crippen molar-refractivity contribution in [3.05, 3.63) is 52.5 Å². The van der Waals surface area contributed by atoms with Crippen molar-refractivity contribution in [3.63, 3.8) is 0 Å². The van der Waals surface area contributed by atoms with E-state index < -0.39 is 0 Å². The number of Topliss-reactive ketones (excluding diaryl/α,β-unsaturated/α-hetero) is 2. The van der Waals surface area contributed by atoms with Crippen molar-refractivity contribution in [1.29, 1.82) is 0 Å². The summed E-state index contributed by atoms with van der Waals surface area (Å²) in [5.41, 5.74) is 2.17. The maximum atomic E-state index is 12.5. The quantitative estimate of drug-likeness (QED) is 0.862. The van der Waals surface area contributed by atoms with Crippen LogP contribution in [0.5, 0.6) is 5.75 Å². The van der Waals surface area contributed by atoms with Crippen molar-refractivity contribution in [2.75, 3.05) is 0 Å². The Hall–Kier alpha value is -2.36. The Bertz CT molecular complexity index is 710. The summed E-state index contributed by atoms with van der Waals surface area (Å²) < 4.78 is 5.98. The van der Waals surface area contributed by atoms with E-state index in [9.17, 15) is 14.7 Å². The molecule has 0 saturated heterocycles. The summed E-state index contributed by atoms with van der Waals surface area (Å²) in [5.74, 6) is 1.48. The van der Waals surface area contributed by atoms with Crippen molar-refractivity contribution in [2.24, 2.45) is 0 Å². The maximum absolute atomic E-state index is 12.5. The lowest BCUT2D eigenvalue weighted by Gasteiger charge is -2.35. The summed E-state index contributed by atoms with van der Waals surface area (Å²) in [6.45, 7) is 0. The molecule has 0 aromatic heterocycles. The predicted molar refractivity (Wildman–Crippen MR) is 83.7 cm³/mol. The number of carbonyl (C=O) groups is 2. The van der Waals surface area contributed by atoms with E-state index in [-0.39, 0.29) is 23.2 Å². The van der Waals surface area contributed by atoms with E-state index in [4.69, 9.17) is 4.74 Å². The second kappa shape index (κ2) is 5.37. The molecule has 0 unspecified atom stereocenters. The number of allylic oxidation sites excluding steroid dienone is 4. The van der Waals surface area contributed by atoms with Crippen LogP contribution in [0.4, 0.5) is 0 Å². The summed E-state index contributed by atoms with van der Waals surface area (Å²) in [5, 5.41) is 9.54. The van der Waals surface area contributed by atoms with E-state index in [1.54, 1.807) is 24.3 Å². The molecule has 1 N–H and O–H groups in total. The fourth-order valence-electron chi connectivity index (χ4n) is 3.82. The minimum atomic E-state index is -0.338. The molecule has 23 heavy (non-hydrogen) atoms. The highest BCUT2D eigenvalue weighted by molar-refractivity contribution is 6.05. The highest BCUT2D eigenvalue weighted by atomic mass is 16.5. The van der Waals surface area contributed by atoms with Crippen molar-refractivity contribution < 1.29 is 19.4 Å². The number of hydrogen-bond donors (Lipinski definition) is 1. The van der Waals surface area contributed by atoms with Crippen LogP contribution in [0, 0.1) is 0 Å². The standard InChI is InChI=1S/C19H18O4/c20-12-9-7-11(8-10-12)17-18-13(21)3-1-5-15(18)23-16-6-2-4-14(22)19(16)17/h7-10,17,20H,1-6H2. The molecular formula is C19H18O4. The van der Waals surface area contributed by atoms with Gasteiger partial charge in [-0.25, -0.2) is 0 Å². The average molecular weight is 310 g/mol. The number of rotatable bonds is 1. The number of phenols is 1. The van der Waals surface area contributed by atoms with Crippen LogP contribution >= 0.6 is 0 Å². The highest BCUT2D eigenvalue weighted by Gasteiger charge is 2.41. The van der Waals surface area contributed by atoms with Crippen LogP contribution in [0.1, 0.15) is 50.0 Å². The van der Waals surface area contributed by atoms with E-state index in [0.29, 0.717) is 24.0 Å². The number of benzene rings is 1. The van der Waals surface area contributed by atoms with Crippen LogP contribution in [0.2, 0.25) is 0 Å². The van der Waals surface area contributed by atoms with Gasteiger partial charge in [0.05, 0.1) is 0 Å². The molecule has 0 fully saturated rings. The van der Waals surface area contributed by atoms with E-state index in [2.05, 4.69) is 0 Å². The molecule has 1 heterocycles. The Balaban J connectivity index is 1.90. The third-order valence-corrected chi connectivity index (χ3v) is 4.87. The maximum Gasteiger partial charge on any atom is 0.163 e. The molecule has 0 radical (unpaired) electrons. The number of aromatic hydroxyl groups is 1. The smallest absolute Gasteiger partial charge is 0.163 e. The zero-order valence-electron chi connectivity index (χ0n) is 12.8. The van der Waals surface area contributed by atoms with Gasteiger partial charge in [0, 0.05) is 42.7 Å². The Morgan fingerprint density at radius 1 is 0.826 bits per heavy atom.